The van der Waals surface area contributed by atoms with E-state index < -0.39 is 114 Å². The number of likely N-dealkylation sites (N-methyl/N-ethyl adjacent to an activating group) is 3. The van der Waals surface area contributed by atoms with Gasteiger partial charge in [-0.2, -0.15) is 0 Å². The van der Waals surface area contributed by atoms with Gasteiger partial charge in [0, 0.05) is 40.0 Å². The van der Waals surface area contributed by atoms with E-state index in [9.17, 15) is 53.1 Å². The van der Waals surface area contributed by atoms with E-state index in [2.05, 4.69) is 26.6 Å². The van der Waals surface area contributed by atoms with Crippen LogP contribution in [0.2, 0.25) is 0 Å². The first-order valence-corrected chi connectivity index (χ1v) is 27.0. The van der Waals surface area contributed by atoms with E-state index >= 15 is 0 Å². The van der Waals surface area contributed by atoms with E-state index in [0.29, 0.717) is 18.4 Å². The molecular weight excluding hydrogens is 1010 g/mol. The van der Waals surface area contributed by atoms with Crippen molar-refractivity contribution in [2.75, 3.05) is 40.8 Å². The van der Waals surface area contributed by atoms with Crippen LogP contribution in [0.5, 0.6) is 0 Å². The van der Waals surface area contributed by atoms with Crippen LogP contribution in [0.25, 0.3) is 11.1 Å². The molecule has 2 aliphatic rings. The van der Waals surface area contributed by atoms with E-state index in [1.807, 2.05) is 76.2 Å². The molecule has 3 aromatic carbocycles. The standard InChI is InChI=1S/C58H79N9O12/c1-33(2)28-45(63-51(70)38(8)65(10)58(78)79-32-44-42-24-17-15-22-40(42)41-23-16-18-25-43(41)44)55(74)64(9)31-49(68)59-35(5)50(69)62-46(29-34(3)4)56(75)66(11)48(30-39-20-13-12-14-21-39)53(72)60-36(6)54(73)67-27-19-26-47(67)52(71)61-37(7)57(76)77/h12-18,20-25,33-38,44-48H,19,26-32H2,1-11H3,(H,59,68)(H,60,72)(H,61,71)(H,62,69)(H,63,70)(H,76,77)/t35-,36-,37-,38-,45-,46-,47-,48-/m0/s1. The van der Waals surface area contributed by atoms with Gasteiger partial charge in [0.2, 0.25) is 47.3 Å². The summed E-state index contributed by atoms with van der Waals surface area (Å²) >= 11 is 0. The van der Waals surface area contributed by atoms with Crippen LogP contribution in [-0.2, 0) is 54.3 Å². The lowest BCUT2D eigenvalue weighted by atomic mass is 9.98. The lowest BCUT2D eigenvalue weighted by Gasteiger charge is -2.33. The second-order valence-corrected chi connectivity index (χ2v) is 21.6. The van der Waals surface area contributed by atoms with Crippen LogP contribution in [0.4, 0.5) is 4.79 Å². The summed E-state index contributed by atoms with van der Waals surface area (Å²) in [6.45, 7) is 12.9. The van der Waals surface area contributed by atoms with Gasteiger partial charge in [-0.3, -0.25) is 48.1 Å². The van der Waals surface area contributed by atoms with Gasteiger partial charge in [-0.1, -0.05) is 107 Å². The number of carboxylic acids is 1. The number of nitrogens with zero attached hydrogens (tertiary/aromatic N) is 4. The number of amides is 9. The number of carboxylic acid groups (broad SMARTS) is 1. The molecule has 79 heavy (non-hydrogen) atoms. The van der Waals surface area contributed by atoms with Crippen LogP contribution >= 0.6 is 0 Å². The zero-order chi connectivity index (χ0) is 58.4. The first kappa shape index (κ1) is 62.0. The SMILES string of the molecule is CC(C)C[C@H](NC(=O)[C@H](C)N(C)C(=O)OCC1c2ccccc2-c2ccccc21)C(=O)N(C)CC(=O)N[C@@H](C)C(=O)N[C@@H](CC(C)C)C(=O)N(C)[C@@H](Cc1ccccc1)C(=O)N[C@@H](C)C(=O)N1CCC[C@H]1C(=O)N[C@@H](C)C(=O)O. The van der Waals surface area contributed by atoms with Crippen molar-refractivity contribution in [3.8, 4) is 11.1 Å². The number of fused-ring (bicyclic) bond motifs is 3. The second-order valence-electron chi connectivity index (χ2n) is 21.6. The molecule has 21 nitrogen and oxygen atoms in total. The molecule has 5 rings (SSSR count). The van der Waals surface area contributed by atoms with Crippen molar-refractivity contribution in [3.05, 3.63) is 95.6 Å². The molecule has 1 aliphatic heterocycles. The molecule has 8 atom stereocenters. The minimum absolute atomic E-state index is 0.0256. The predicted molar refractivity (Wildman–Crippen MR) is 295 cm³/mol. The number of hydrogen-bond donors (Lipinski definition) is 6. The molecule has 6 N–H and O–H groups in total. The van der Waals surface area contributed by atoms with Gasteiger partial charge in [0.15, 0.2) is 0 Å². The van der Waals surface area contributed by atoms with Gasteiger partial charge in [0.1, 0.15) is 54.9 Å². The molecule has 428 valence electrons. The minimum Gasteiger partial charge on any atom is -0.480 e. The van der Waals surface area contributed by atoms with Crippen molar-refractivity contribution in [2.45, 2.75) is 142 Å². The van der Waals surface area contributed by atoms with Crippen LogP contribution in [0.15, 0.2) is 78.9 Å². The number of likely N-dealkylation sites (tertiary alicyclic amines) is 1. The predicted octanol–water partition coefficient (Wildman–Crippen LogP) is 3.44. The Labute approximate surface area is 462 Å². The van der Waals surface area contributed by atoms with E-state index in [1.54, 1.807) is 30.3 Å². The Morgan fingerprint density at radius 1 is 0.620 bits per heavy atom. The molecule has 0 bridgehead atoms. The van der Waals surface area contributed by atoms with Crippen molar-refractivity contribution < 1.29 is 57.8 Å². The lowest BCUT2D eigenvalue weighted by Crippen LogP contribution is -2.59. The quantitative estimate of drug-likeness (QED) is 0.0713. The number of carbonyl (C=O) groups excluding carboxylic acids is 9. The monoisotopic (exact) mass is 1090 g/mol. The molecule has 21 heteroatoms. The zero-order valence-electron chi connectivity index (χ0n) is 47.2. The van der Waals surface area contributed by atoms with Crippen molar-refractivity contribution in [1.29, 1.82) is 0 Å². The normalized spacial score (nSPS) is 16.4. The largest absolute Gasteiger partial charge is 0.480 e. The van der Waals surface area contributed by atoms with Crippen LogP contribution in [0.3, 0.4) is 0 Å². The lowest BCUT2D eigenvalue weighted by molar-refractivity contribution is -0.145. The third-order valence-corrected chi connectivity index (χ3v) is 14.4. The molecule has 3 aromatic rings. The zero-order valence-corrected chi connectivity index (χ0v) is 47.2. The van der Waals surface area contributed by atoms with Crippen molar-refractivity contribution in [1.82, 2.24) is 46.2 Å². The Morgan fingerprint density at radius 2 is 1.16 bits per heavy atom. The Hall–Kier alpha value is -7.84. The van der Waals surface area contributed by atoms with E-state index in [-0.39, 0.29) is 50.2 Å². The van der Waals surface area contributed by atoms with Gasteiger partial charge in [-0.25, -0.2) is 4.79 Å². The summed E-state index contributed by atoms with van der Waals surface area (Å²) in [5.74, 6) is -6.75. The molecule has 1 aliphatic carbocycles. The maximum Gasteiger partial charge on any atom is 0.410 e. The summed E-state index contributed by atoms with van der Waals surface area (Å²) in [7, 11) is 4.25. The molecule has 0 unspecified atom stereocenters. The highest BCUT2D eigenvalue weighted by molar-refractivity contribution is 5.98. The summed E-state index contributed by atoms with van der Waals surface area (Å²) in [5, 5.41) is 22.5. The van der Waals surface area contributed by atoms with Crippen LogP contribution in [-0.4, -0.2) is 173 Å². The molecule has 0 saturated carbocycles. The van der Waals surface area contributed by atoms with Gasteiger partial charge in [-0.05, 0) is 93.0 Å². The molecular formula is C58H79N9O12. The number of hydrogen-bond acceptors (Lipinski definition) is 11. The minimum atomic E-state index is -1.23. The third kappa shape index (κ3) is 16.4. The third-order valence-electron chi connectivity index (χ3n) is 14.4. The smallest absolute Gasteiger partial charge is 0.410 e. The van der Waals surface area contributed by atoms with Gasteiger partial charge < -0.3 is 51.1 Å². The van der Waals surface area contributed by atoms with Gasteiger partial charge in [-0.15, -0.1) is 0 Å². The Bertz CT molecular complexity index is 2660. The highest BCUT2D eigenvalue weighted by Crippen LogP contribution is 2.44. The molecule has 1 heterocycles. The highest BCUT2D eigenvalue weighted by atomic mass is 16.6. The van der Waals surface area contributed by atoms with Crippen molar-refractivity contribution in [3.63, 3.8) is 0 Å². The Kier molecular flexibility index (Phi) is 22.1. The Morgan fingerprint density at radius 3 is 1.73 bits per heavy atom. The number of aliphatic carboxylic acids is 1. The number of nitrogens with one attached hydrogen (secondary N) is 5. The fourth-order valence-corrected chi connectivity index (χ4v) is 9.85. The van der Waals surface area contributed by atoms with E-state index in [0.717, 1.165) is 32.1 Å². The number of carbonyl (C=O) groups is 10. The highest BCUT2D eigenvalue weighted by Gasteiger charge is 2.40. The van der Waals surface area contributed by atoms with Gasteiger partial charge in [0.05, 0.1) is 6.54 Å². The summed E-state index contributed by atoms with van der Waals surface area (Å²) in [6.07, 6.45) is 0.436. The summed E-state index contributed by atoms with van der Waals surface area (Å²) in [4.78, 5) is 140. The first-order chi connectivity index (χ1) is 37.3. The van der Waals surface area contributed by atoms with Crippen LogP contribution < -0.4 is 26.6 Å². The number of rotatable bonds is 25. The molecule has 1 saturated heterocycles. The summed E-state index contributed by atoms with van der Waals surface area (Å²) < 4.78 is 5.76. The summed E-state index contributed by atoms with van der Waals surface area (Å²) in [6, 6.07) is 15.8. The Balaban J connectivity index is 1.18. The second kappa shape index (κ2) is 28.2. The van der Waals surface area contributed by atoms with Crippen molar-refractivity contribution in [2.24, 2.45) is 11.8 Å². The van der Waals surface area contributed by atoms with Gasteiger partial charge >= 0.3 is 12.1 Å². The number of ether oxygens (including phenoxy) is 1. The first-order valence-electron chi connectivity index (χ1n) is 27.0. The molecule has 0 radical (unpaired) electrons. The van der Waals surface area contributed by atoms with Crippen LogP contribution in [0.1, 0.15) is 104 Å². The molecule has 0 aromatic heterocycles. The van der Waals surface area contributed by atoms with Crippen molar-refractivity contribution >= 4 is 59.3 Å². The average molecular weight is 1090 g/mol. The summed E-state index contributed by atoms with van der Waals surface area (Å²) in [5.41, 5.74) is 4.91. The maximum atomic E-state index is 14.5. The van der Waals surface area contributed by atoms with E-state index in [1.165, 1.54) is 58.6 Å². The van der Waals surface area contributed by atoms with E-state index in [4.69, 9.17) is 4.74 Å². The van der Waals surface area contributed by atoms with Crippen LogP contribution in [0, 0.1) is 11.8 Å². The average Bonchev–Trinajstić information content (AvgIpc) is 4.06. The fraction of sp³-hybridized carbons (Fsp3) is 0.517. The maximum absolute atomic E-state index is 14.5. The topological polar surface area (TPSA) is 273 Å². The fourth-order valence-electron chi connectivity index (χ4n) is 9.85. The molecule has 9 amide bonds. The number of benzene rings is 3. The molecule has 0 spiro atoms. The molecule has 1 fully saturated rings. The van der Waals surface area contributed by atoms with Gasteiger partial charge in [0.25, 0.3) is 0 Å².